The molecule has 1 fully saturated rings. The van der Waals surface area contributed by atoms with Crippen LogP contribution in [0.3, 0.4) is 0 Å². The number of benzene rings is 2. The van der Waals surface area contributed by atoms with E-state index in [9.17, 15) is 13.6 Å². The van der Waals surface area contributed by atoms with Crippen molar-refractivity contribution in [3.63, 3.8) is 0 Å². The third kappa shape index (κ3) is 15.6. The van der Waals surface area contributed by atoms with Crippen LogP contribution in [-0.2, 0) is 0 Å². The van der Waals surface area contributed by atoms with Crippen molar-refractivity contribution < 1.29 is 18.3 Å². The quantitative estimate of drug-likeness (QED) is 0.0685. The molecule has 0 aromatic heterocycles. The average Bonchev–Trinajstić information content (AvgIpc) is 3.07. The van der Waals surface area contributed by atoms with Gasteiger partial charge in [0, 0.05) is 6.07 Å². The molecule has 258 valence electrons. The SMILES string of the molecule is CCCCCCCCCCCCCCCCCCCCC1CCC(/C=C/c2ccc(C(=O)Oc3ccc(C#N)c(F)c3)c(F)c2)CC1. The van der Waals surface area contributed by atoms with Gasteiger partial charge in [-0.1, -0.05) is 147 Å². The highest BCUT2D eigenvalue weighted by Gasteiger charge is 2.19. The van der Waals surface area contributed by atoms with Gasteiger partial charge in [0.1, 0.15) is 23.5 Å². The van der Waals surface area contributed by atoms with Crippen LogP contribution in [-0.4, -0.2) is 5.97 Å². The predicted octanol–water partition coefficient (Wildman–Crippen LogP) is 13.3. The predicted molar refractivity (Wildman–Crippen MR) is 190 cm³/mol. The maximum absolute atomic E-state index is 14.7. The van der Waals surface area contributed by atoms with Crippen molar-refractivity contribution in [3.8, 4) is 11.8 Å². The molecule has 3 rings (SSSR count). The fraction of sp³-hybridized carbons (Fsp3) is 0.619. The molecule has 0 heterocycles. The summed E-state index contributed by atoms with van der Waals surface area (Å²) in [5, 5.41) is 8.83. The van der Waals surface area contributed by atoms with Crippen molar-refractivity contribution in [2.75, 3.05) is 0 Å². The summed E-state index contributed by atoms with van der Waals surface area (Å²) in [4.78, 5) is 12.4. The number of ether oxygens (including phenoxy) is 1. The van der Waals surface area contributed by atoms with E-state index >= 15 is 0 Å². The third-order valence-corrected chi connectivity index (χ3v) is 9.90. The third-order valence-electron chi connectivity index (χ3n) is 9.90. The molecule has 0 bridgehead atoms. The molecule has 0 atom stereocenters. The largest absolute Gasteiger partial charge is 0.423 e. The van der Waals surface area contributed by atoms with Crippen molar-refractivity contribution in [1.82, 2.24) is 0 Å². The van der Waals surface area contributed by atoms with Crippen molar-refractivity contribution >= 4 is 12.0 Å². The van der Waals surface area contributed by atoms with Crippen molar-refractivity contribution in [2.24, 2.45) is 11.8 Å². The normalized spacial score (nSPS) is 16.4. The number of carbonyl (C=O) groups excluding carboxylic acids is 1. The molecule has 2 aromatic rings. The average molecular weight is 648 g/mol. The van der Waals surface area contributed by atoms with Crippen LogP contribution in [0, 0.1) is 34.8 Å². The monoisotopic (exact) mass is 647 g/mol. The first-order chi connectivity index (χ1) is 23.0. The molecule has 1 saturated carbocycles. The summed E-state index contributed by atoms with van der Waals surface area (Å²) in [6, 6.07) is 9.61. The highest BCUT2D eigenvalue weighted by atomic mass is 19.1. The molecule has 0 radical (unpaired) electrons. The van der Waals surface area contributed by atoms with E-state index in [1.54, 1.807) is 12.1 Å². The number of rotatable bonds is 23. The van der Waals surface area contributed by atoms with Gasteiger partial charge >= 0.3 is 5.97 Å². The lowest BCUT2D eigenvalue weighted by atomic mass is 9.79. The summed E-state index contributed by atoms with van der Waals surface area (Å²) < 4.78 is 33.6. The zero-order valence-corrected chi connectivity index (χ0v) is 29.1. The second-order valence-electron chi connectivity index (χ2n) is 13.8. The van der Waals surface area contributed by atoms with Crippen LogP contribution in [0.2, 0.25) is 0 Å². The molecule has 0 N–H and O–H groups in total. The summed E-state index contributed by atoms with van der Waals surface area (Å²) in [7, 11) is 0. The fourth-order valence-electron chi connectivity index (χ4n) is 6.86. The maximum atomic E-state index is 14.7. The summed E-state index contributed by atoms with van der Waals surface area (Å²) in [5.41, 5.74) is 0.331. The lowest BCUT2D eigenvalue weighted by molar-refractivity contribution is 0.0729. The zero-order valence-electron chi connectivity index (χ0n) is 29.1. The first kappa shape index (κ1) is 38.4. The molecule has 2 aromatic carbocycles. The van der Waals surface area contributed by atoms with Crippen LogP contribution >= 0.6 is 0 Å². The molecule has 0 amide bonds. The van der Waals surface area contributed by atoms with Crippen LogP contribution in [0.4, 0.5) is 8.78 Å². The summed E-state index contributed by atoms with van der Waals surface area (Å²) >= 11 is 0. The number of nitriles is 1. The van der Waals surface area contributed by atoms with Crippen LogP contribution in [0.1, 0.15) is 176 Å². The lowest BCUT2D eigenvalue weighted by Gasteiger charge is -2.26. The molecule has 5 heteroatoms. The van der Waals surface area contributed by atoms with Gasteiger partial charge in [0.25, 0.3) is 0 Å². The van der Waals surface area contributed by atoms with Gasteiger partial charge in [0.2, 0.25) is 0 Å². The standard InChI is InChI=1S/C42H59F2NO2/c1-2-3-4-5-6-7-8-9-10-11-12-13-14-15-16-17-18-19-20-34-21-23-35(24-22-34)25-26-36-27-30-39(41(44)31-36)42(46)47-38-29-28-37(33-45)40(43)32-38/h25-32,34-35H,2-24H2,1H3/b26-25+. The molecular formula is C42H59F2NO2. The minimum absolute atomic E-state index is 0.0781. The molecule has 0 unspecified atom stereocenters. The minimum Gasteiger partial charge on any atom is -0.423 e. The highest BCUT2D eigenvalue weighted by Crippen LogP contribution is 2.33. The number of carbonyl (C=O) groups is 1. The Labute approximate surface area is 284 Å². The summed E-state index contributed by atoms with van der Waals surface area (Å²) in [5.74, 6) is -1.11. The van der Waals surface area contributed by atoms with Crippen LogP contribution in [0.25, 0.3) is 6.08 Å². The maximum Gasteiger partial charge on any atom is 0.346 e. The number of halogens is 2. The lowest BCUT2D eigenvalue weighted by Crippen LogP contribution is -2.13. The van der Waals surface area contributed by atoms with E-state index in [1.165, 1.54) is 172 Å². The molecule has 3 nitrogen and oxygen atoms in total. The Balaban J connectivity index is 1.18. The smallest absolute Gasteiger partial charge is 0.346 e. The van der Waals surface area contributed by atoms with Crippen molar-refractivity contribution in [1.29, 1.82) is 5.26 Å². The first-order valence-corrected chi connectivity index (χ1v) is 18.9. The number of esters is 1. The van der Waals surface area contributed by atoms with Crippen molar-refractivity contribution in [2.45, 2.75) is 155 Å². The number of nitrogens with zero attached hydrogens (tertiary/aromatic N) is 1. The van der Waals surface area contributed by atoms with E-state index in [4.69, 9.17) is 10.00 Å². The summed E-state index contributed by atoms with van der Waals surface area (Å²) in [6.45, 7) is 2.29. The van der Waals surface area contributed by atoms with Gasteiger partial charge in [-0.3, -0.25) is 0 Å². The van der Waals surface area contributed by atoms with E-state index in [0.29, 0.717) is 11.5 Å². The van der Waals surface area contributed by atoms with Gasteiger partial charge in [-0.05, 0) is 67.3 Å². The second kappa shape index (κ2) is 23.3. The number of unbranched alkanes of at least 4 members (excludes halogenated alkanes) is 17. The van der Waals surface area contributed by atoms with Gasteiger partial charge < -0.3 is 4.74 Å². The Morgan fingerprint density at radius 2 is 1.30 bits per heavy atom. The molecule has 0 spiro atoms. The van der Waals surface area contributed by atoms with Gasteiger partial charge in [-0.15, -0.1) is 0 Å². The minimum atomic E-state index is -0.907. The topological polar surface area (TPSA) is 50.1 Å². The van der Waals surface area contributed by atoms with Gasteiger partial charge in [0.15, 0.2) is 0 Å². The van der Waals surface area contributed by atoms with Gasteiger partial charge in [0.05, 0.1) is 11.1 Å². The number of hydrogen-bond acceptors (Lipinski definition) is 3. The van der Waals surface area contributed by atoms with E-state index in [-0.39, 0.29) is 16.9 Å². The molecular weight excluding hydrogens is 588 g/mol. The van der Waals surface area contributed by atoms with E-state index in [1.807, 2.05) is 6.08 Å². The number of allylic oxidation sites excluding steroid dienone is 1. The van der Waals surface area contributed by atoms with Crippen LogP contribution in [0.5, 0.6) is 5.75 Å². The molecule has 47 heavy (non-hydrogen) atoms. The Morgan fingerprint density at radius 1 is 0.745 bits per heavy atom. The Hall–Kier alpha value is -3.00. The van der Waals surface area contributed by atoms with Gasteiger partial charge in [-0.25, -0.2) is 13.6 Å². The molecule has 1 aliphatic rings. The second-order valence-corrected chi connectivity index (χ2v) is 13.8. The highest BCUT2D eigenvalue weighted by molar-refractivity contribution is 5.91. The number of hydrogen-bond donors (Lipinski definition) is 0. The molecule has 1 aliphatic carbocycles. The Bertz CT molecular complexity index is 1240. The summed E-state index contributed by atoms with van der Waals surface area (Å²) in [6.07, 6.45) is 35.8. The zero-order chi connectivity index (χ0) is 33.5. The first-order valence-electron chi connectivity index (χ1n) is 18.9. The molecule has 0 saturated heterocycles. The van der Waals surface area contributed by atoms with E-state index in [0.717, 1.165) is 12.0 Å². The van der Waals surface area contributed by atoms with Crippen LogP contribution in [0.15, 0.2) is 42.5 Å². The fourth-order valence-corrected chi connectivity index (χ4v) is 6.86. The van der Waals surface area contributed by atoms with Crippen LogP contribution < -0.4 is 4.74 Å². The van der Waals surface area contributed by atoms with Crippen molar-refractivity contribution in [3.05, 3.63) is 70.8 Å². The van der Waals surface area contributed by atoms with E-state index in [2.05, 4.69) is 13.0 Å². The van der Waals surface area contributed by atoms with E-state index < -0.39 is 17.6 Å². The Kier molecular flexibility index (Phi) is 19.1. The Morgan fingerprint density at radius 3 is 1.81 bits per heavy atom. The molecule has 0 aliphatic heterocycles. The van der Waals surface area contributed by atoms with Gasteiger partial charge in [-0.2, -0.15) is 5.26 Å².